The molecule has 4 aromatic rings. The summed E-state index contributed by atoms with van der Waals surface area (Å²) in [4.78, 5) is 28.8. The Bertz CT molecular complexity index is 1450. The Morgan fingerprint density at radius 1 is 1.03 bits per heavy atom. The van der Waals surface area contributed by atoms with Crippen molar-refractivity contribution in [3.05, 3.63) is 93.6 Å². The van der Waals surface area contributed by atoms with Gasteiger partial charge in [0.25, 0.3) is 0 Å². The summed E-state index contributed by atoms with van der Waals surface area (Å²) in [6.45, 7) is 0.307. The van der Waals surface area contributed by atoms with E-state index in [2.05, 4.69) is 4.98 Å². The Morgan fingerprint density at radius 2 is 1.83 bits per heavy atom. The molecule has 8 heteroatoms. The maximum absolute atomic E-state index is 12.8. The molecular formula is C27H19Cl2NO5. The standard InChI is InChI=1S/C27H19Cl2NO5/c28-17-4-8-23-16(11-17)1-5-18(30-23)12-24(31)15-2-6-19(7-3-15)35-26-14-25-21(13-22(26)29)20(27(32)33)9-10-34-25/h1-8,11,13-14,20H,9-10,12H2,(H,32,33). The lowest BCUT2D eigenvalue weighted by Crippen LogP contribution is -2.20. The van der Waals surface area contributed by atoms with Gasteiger partial charge in [-0.15, -0.1) is 0 Å². The molecule has 1 aliphatic rings. The zero-order valence-electron chi connectivity index (χ0n) is 18.3. The minimum absolute atomic E-state index is 0.0720. The van der Waals surface area contributed by atoms with Crippen LogP contribution in [0.25, 0.3) is 10.9 Å². The Hall–Kier alpha value is -3.61. The van der Waals surface area contributed by atoms with Crippen LogP contribution in [0.3, 0.4) is 0 Å². The Morgan fingerprint density at radius 3 is 2.60 bits per heavy atom. The van der Waals surface area contributed by atoms with Gasteiger partial charge in [0, 0.05) is 33.3 Å². The first kappa shape index (κ1) is 23.1. The molecule has 1 N–H and O–H groups in total. The van der Waals surface area contributed by atoms with Crippen LogP contribution in [0.1, 0.15) is 34.0 Å². The Labute approximate surface area is 211 Å². The molecule has 5 rings (SSSR count). The number of ether oxygens (including phenoxy) is 2. The van der Waals surface area contributed by atoms with Gasteiger partial charge in [-0.1, -0.05) is 29.3 Å². The Balaban J connectivity index is 1.30. The number of nitrogens with zero attached hydrogens (tertiary/aromatic N) is 1. The number of Topliss-reactive ketones (excluding diaryl/α,β-unsaturated/α-hetero) is 1. The van der Waals surface area contributed by atoms with Gasteiger partial charge in [0.15, 0.2) is 5.78 Å². The number of carboxylic acids is 1. The Kier molecular flexibility index (Phi) is 6.32. The number of ketones is 1. The molecule has 1 unspecified atom stereocenters. The summed E-state index contributed by atoms with van der Waals surface area (Å²) in [5, 5.41) is 11.3. The number of carbonyl (C=O) groups excluding carboxylic acids is 1. The van der Waals surface area contributed by atoms with Gasteiger partial charge in [0.1, 0.15) is 17.2 Å². The monoisotopic (exact) mass is 507 g/mol. The molecule has 1 aromatic heterocycles. The molecule has 176 valence electrons. The second-order valence-corrected chi connectivity index (χ2v) is 9.06. The van der Waals surface area contributed by atoms with Gasteiger partial charge in [0.05, 0.1) is 29.5 Å². The van der Waals surface area contributed by atoms with Crippen LogP contribution in [0, 0.1) is 0 Å². The number of benzene rings is 3. The molecule has 0 saturated carbocycles. The molecule has 0 amide bonds. The number of fused-ring (bicyclic) bond motifs is 2. The van der Waals surface area contributed by atoms with E-state index in [-0.39, 0.29) is 17.2 Å². The predicted molar refractivity (Wildman–Crippen MR) is 133 cm³/mol. The minimum atomic E-state index is -0.914. The van der Waals surface area contributed by atoms with Crippen molar-refractivity contribution >= 4 is 45.9 Å². The number of pyridine rings is 1. The lowest BCUT2D eigenvalue weighted by molar-refractivity contribution is -0.139. The van der Waals surface area contributed by atoms with Gasteiger partial charge < -0.3 is 14.6 Å². The van der Waals surface area contributed by atoms with Gasteiger partial charge >= 0.3 is 5.97 Å². The molecule has 35 heavy (non-hydrogen) atoms. The summed E-state index contributed by atoms with van der Waals surface area (Å²) >= 11 is 12.4. The zero-order chi connectivity index (χ0) is 24.5. The smallest absolute Gasteiger partial charge is 0.311 e. The fourth-order valence-electron chi connectivity index (χ4n) is 4.06. The van der Waals surface area contributed by atoms with Crippen LogP contribution < -0.4 is 9.47 Å². The number of carboxylic acid groups (broad SMARTS) is 1. The summed E-state index contributed by atoms with van der Waals surface area (Å²) in [6, 6.07) is 19.1. The van der Waals surface area contributed by atoms with Crippen LogP contribution in [0.4, 0.5) is 0 Å². The summed E-state index contributed by atoms with van der Waals surface area (Å²) in [7, 11) is 0. The maximum Gasteiger partial charge on any atom is 0.311 e. The average Bonchev–Trinajstić information content (AvgIpc) is 2.84. The van der Waals surface area contributed by atoms with Crippen LogP contribution in [-0.4, -0.2) is 28.4 Å². The number of carbonyl (C=O) groups is 2. The number of aromatic nitrogens is 1. The molecule has 0 radical (unpaired) electrons. The third-order valence-electron chi connectivity index (χ3n) is 5.86. The van der Waals surface area contributed by atoms with E-state index in [1.807, 2.05) is 24.3 Å². The number of hydrogen-bond donors (Lipinski definition) is 1. The fourth-order valence-corrected chi connectivity index (χ4v) is 4.46. The summed E-state index contributed by atoms with van der Waals surface area (Å²) < 4.78 is 11.5. The van der Waals surface area contributed by atoms with Gasteiger partial charge in [-0.25, -0.2) is 0 Å². The highest BCUT2D eigenvalue weighted by Crippen LogP contribution is 2.41. The van der Waals surface area contributed by atoms with Crippen molar-refractivity contribution in [2.45, 2.75) is 18.8 Å². The van der Waals surface area contributed by atoms with Crippen molar-refractivity contribution in [1.29, 1.82) is 0 Å². The molecule has 3 aromatic carbocycles. The zero-order valence-corrected chi connectivity index (χ0v) is 19.8. The molecule has 0 saturated heterocycles. The van der Waals surface area contributed by atoms with Crippen LogP contribution >= 0.6 is 23.2 Å². The lowest BCUT2D eigenvalue weighted by Gasteiger charge is -2.24. The SMILES string of the molecule is O=C(Cc1ccc2cc(Cl)ccc2n1)c1ccc(Oc2cc3c(cc2Cl)C(C(=O)O)CCO3)cc1. The van der Waals surface area contributed by atoms with E-state index >= 15 is 0 Å². The van der Waals surface area contributed by atoms with Crippen molar-refractivity contribution in [2.75, 3.05) is 6.61 Å². The van der Waals surface area contributed by atoms with Gasteiger partial charge in [-0.3, -0.25) is 14.6 Å². The highest BCUT2D eigenvalue weighted by molar-refractivity contribution is 6.32. The second-order valence-electron chi connectivity index (χ2n) is 8.21. The highest BCUT2D eigenvalue weighted by atomic mass is 35.5. The van der Waals surface area contributed by atoms with Crippen molar-refractivity contribution in [1.82, 2.24) is 4.98 Å². The molecule has 0 aliphatic carbocycles. The van der Waals surface area contributed by atoms with E-state index in [1.165, 1.54) is 0 Å². The van der Waals surface area contributed by atoms with Crippen LogP contribution in [-0.2, 0) is 11.2 Å². The summed E-state index contributed by atoms with van der Waals surface area (Å²) in [6.07, 6.45) is 0.551. The predicted octanol–water partition coefficient (Wildman–Crippen LogP) is 6.71. The molecule has 0 fully saturated rings. The third-order valence-corrected chi connectivity index (χ3v) is 6.39. The molecule has 2 heterocycles. The topological polar surface area (TPSA) is 85.7 Å². The highest BCUT2D eigenvalue weighted by Gasteiger charge is 2.29. The molecule has 0 spiro atoms. The molecule has 1 aliphatic heterocycles. The normalized spacial score (nSPS) is 14.7. The lowest BCUT2D eigenvalue weighted by atomic mass is 9.93. The van der Waals surface area contributed by atoms with Crippen molar-refractivity contribution < 1.29 is 24.2 Å². The molecule has 1 atom stereocenters. The van der Waals surface area contributed by atoms with Crippen LogP contribution in [0.2, 0.25) is 10.0 Å². The van der Waals surface area contributed by atoms with E-state index in [0.29, 0.717) is 52.1 Å². The van der Waals surface area contributed by atoms with Gasteiger partial charge in [0.2, 0.25) is 0 Å². The average molecular weight is 508 g/mol. The van der Waals surface area contributed by atoms with E-state index in [4.69, 9.17) is 32.7 Å². The first-order valence-corrected chi connectivity index (χ1v) is 11.7. The molecular weight excluding hydrogens is 489 g/mol. The van der Waals surface area contributed by atoms with Crippen LogP contribution in [0.5, 0.6) is 17.2 Å². The van der Waals surface area contributed by atoms with Gasteiger partial charge in [-0.2, -0.15) is 0 Å². The van der Waals surface area contributed by atoms with Gasteiger partial charge in [-0.05, 0) is 61.0 Å². The number of aliphatic carboxylic acids is 1. The van der Waals surface area contributed by atoms with Crippen molar-refractivity contribution in [3.63, 3.8) is 0 Å². The third kappa shape index (κ3) is 4.94. The fraction of sp³-hybridized carbons (Fsp3) is 0.148. The number of hydrogen-bond acceptors (Lipinski definition) is 5. The number of rotatable bonds is 6. The summed E-state index contributed by atoms with van der Waals surface area (Å²) in [5.74, 6) is -0.378. The minimum Gasteiger partial charge on any atom is -0.493 e. The van der Waals surface area contributed by atoms with E-state index in [9.17, 15) is 14.7 Å². The largest absolute Gasteiger partial charge is 0.493 e. The first-order valence-electron chi connectivity index (χ1n) is 10.9. The van der Waals surface area contributed by atoms with Crippen LogP contribution in [0.15, 0.2) is 66.7 Å². The maximum atomic E-state index is 12.8. The summed E-state index contributed by atoms with van der Waals surface area (Å²) in [5.41, 5.74) is 2.52. The molecule has 0 bridgehead atoms. The van der Waals surface area contributed by atoms with Crippen molar-refractivity contribution in [3.8, 4) is 17.2 Å². The van der Waals surface area contributed by atoms with E-state index in [1.54, 1.807) is 42.5 Å². The molecule has 6 nitrogen and oxygen atoms in total. The van der Waals surface area contributed by atoms with E-state index < -0.39 is 11.9 Å². The quantitative estimate of drug-likeness (QED) is 0.292. The first-order chi connectivity index (χ1) is 16.9. The number of halogens is 2. The van der Waals surface area contributed by atoms with E-state index in [0.717, 1.165) is 10.9 Å². The second kappa shape index (κ2) is 9.56. The van der Waals surface area contributed by atoms with Crippen molar-refractivity contribution in [2.24, 2.45) is 0 Å².